The highest BCUT2D eigenvalue weighted by atomic mass is 35.5. The molecule has 3 aromatic rings. The van der Waals surface area contributed by atoms with E-state index in [1.165, 1.54) is 11.3 Å². The van der Waals surface area contributed by atoms with Crippen molar-refractivity contribution in [3.05, 3.63) is 75.3 Å². The minimum atomic E-state index is 0.182. The number of methoxy groups -OCH3 is 1. The van der Waals surface area contributed by atoms with E-state index in [4.69, 9.17) is 21.7 Å². The lowest BCUT2D eigenvalue weighted by Gasteiger charge is -2.19. The number of ether oxygens (including phenoxy) is 1. The number of halogens is 1. The molecule has 29 heavy (non-hydrogen) atoms. The zero-order valence-electron chi connectivity index (χ0n) is 15.9. The number of aliphatic hydroxyl groups excluding tert-OH is 1. The molecule has 0 bridgehead atoms. The van der Waals surface area contributed by atoms with E-state index < -0.39 is 0 Å². The van der Waals surface area contributed by atoms with E-state index >= 15 is 0 Å². The van der Waals surface area contributed by atoms with Gasteiger partial charge in [-0.05, 0) is 30.2 Å². The maximum atomic E-state index is 10.5. The van der Waals surface area contributed by atoms with Crippen LogP contribution in [0.1, 0.15) is 10.6 Å². The Balaban J connectivity index is 1.50. The Morgan fingerprint density at radius 3 is 2.86 bits per heavy atom. The van der Waals surface area contributed by atoms with Crippen LogP contribution in [0.25, 0.3) is 16.8 Å². The molecule has 0 aliphatic carbocycles. The van der Waals surface area contributed by atoms with Gasteiger partial charge < -0.3 is 14.7 Å². The summed E-state index contributed by atoms with van der Waals surface area (Å²) in [7, 11) is 1.65. The molecule has 0 saturated heterocycles. The summed E-state index contributed by atoms with van der Waals surface area (Å²) in [4.78, 5) is 6.50. The van der Waals surface area contributed by atoms with Gasteiger partial charge in [-0.2, -0.15) is 0 Å². The average Bonchev–Trinajstić information content (AvgIpc) is 3.31. The molecule has 0 amide bonds. The van der Waals surface area contributed by atoms with E-state index in [0.29, 0.717) is 34.5 Å². The summed E-state index contributed by atoms with van der Waals surface area (Å²) in [5.74, 6) is 1.31. The monoisotopic (exact) mass is 425 g/mol. The van der Waals surface area contributed by atoms with Gasteiger partial charge in [-0.25, -0.2) is 4.98 Å². The average molecular weight is 426 g/mol. The van der Waals surface area contributed by atoms with E-state index in [9.17, 15) is 5.11 Å². The SMILES string of the molecule is COc1ccccc1CCN1CC(O)=C(c2nc(-c3cccc(Cl)c3)cs2)C1=N. The smallest absolute Gasteiger partial charge is 0.135 e. The lowest BCUT2D eigenvalue weighted by molar-refractivity contribution is 0.349. The third kappa shape index (κ3) is 3.99. The van der Waals surface area contributed by atoms with Crippen LogP contribution in [0, 0.1) is 5.41 Å². The van der Waals surface area contributed by atoms with Crippen molar-refractivity contribution in [1.29, 1.82) is 5.41 Å². The fourth-order valence-electron chi connectivity index (χ4n) is 3.38. The van der Waals surface area contributed by atoms with Crippen LogP contribution in [0.5, 0.6) is 5.75 Å². The number of thiazole rings is 1. The Morgan fingerprint density at radius 1 is 1.24 bits per heavy atom. The normalized spacial score (nSPS) is 14.0. The van der Waals surface area contributed by atoms with Crippen LogP contribution >= 0.6 is 22.9 Å². The molecule has 0 atom stereocenters. The summed E-state index contributed by atoms with van der Waals surface area (Å²) in [5, 5.41) is 22.3. The predicted molar refractivity (Wildman–Crippen MR) is 118 cm³/mol. The maximum absolute atomic E-state index is 10.5. The van der Waals surface area contributed by atoms with Crippen molar-refractivity contribution in [1.82, 2.24) is 9.88 Å². The summed E-state index contributed by atoms with van der Waals surface area (Å²) in [6.07, 6.45) is 0.721. The van der Waals surface area contributed by atoms with Gasteiger partial charge in [0.1, 0.15) is 22.4 Å². The number of para-hydroxylation sites is 1. The number of nitrogens with one attached hydrogen (secondary N) is 1. The first-order chi connectivity index (χ1) is 14.1. The van der Waals surface area contributed by atoms with Gasteiger partial charge in [-0.15, -0.1) is 11.3 Å². The minimum absolute atomic E-state index is 0.182. The molecule has 2 N–H and O–H groups in total. The van der Waals surface area contributed by atoms with Gasteiger partial charge in [0.25, 0.3) is 0 Å². The third-order valence-electron chi connectivity index (χ3n) is 4.86. The summed E-state index contributed by atoms with van der Waals surface area (Å²) >= 11 is 7.50. The highest BCUT2D eigenvalue weighted by Crippen LogP contribution is 2.33. The standard InChI is InChI=1S/C22H20ClN3O2S/c1-28-19-8-3-2-5-14(19)9-10-26-12-18(27)20(21(26)24)22-25-17(13-29-22)15-6-4-7-16(23)11-15/h2-8,11,13,24,27H,9-10,12H2,1H3. The molecule has 4 rings (SSSR count). The van der Waals surface area contributed by atoms with E-state index in [-0.39, 0.29) is 5.76 Å². The second-order valence-corrected chi connectivity index (χ2v) is 8.00. The molecule has 0 saturated carbocycles. The van der Waals surface area contributed by atoms with Crippen molar-refractivity contribution in [2.75, 3.05) is 20.2 Å². The molecule has 148 valence electrons. The van der Waals surface area contributed by atoms with Crippen LogP contribution in [0.2, 0.25) is 5.02 Å². The number of rotatable bonds is 6. The van der Waals surface area contributed by atoms with Gasteiger partial charge in [0.05, 0.1) is 24.9 Å². The number of hydrogen-bond acceptors (Lipinski definition) is 5. The second kappa shape index (κ2) is 8.27. The molecule has 7 heteroatoms. The first kappa shape index (κ1) is 19.5. The molecular weight excluding hydrogens is 406 g/mol. The Morgan fingerprint density at radius 2 is 2.07 bits per heavy atom. The van der Waals surface area contributed by atoms with Crippen LogP contribution in [0.15, 0.2) is 59.7 Å². The van der Waals surface area contributed by atoms with Gasteiger partial charge in [-0.1, -0.05) is 41.9 Å². The molecule has 1 aromatic heterocycles. The maximum Gasteiger partial charge on any atom is 0.135 e. The molecular formula is C22H20ClN3O2S. The molecule has 5 nitrogen and oxygen atoms in total. The van der Waals surface area contributed by atoms with Gasteiger partial charge in [-0.3, -0.25) is 5.41 Å². The summed E-state index contributed by atoms with van der Waals surface area (Å²) in [6.45, 7) is 0.925. The lowest BCUT2D eigenvalue weighted by atomic mass is 10.1. The van der Waals surface area contributed by atoms with Crippen molar-refractivity contribution in [3.8, 4) is 17.0 Å². The first-order valence-electron chi connectivity index (χ1n) is 9.16. The van der Waals surface area contributed by atoms with E-state index in [1.54, 1.807) is 7.11 Å². The second-order valence-electron chi connectivity index (χ2n) is 6.70. The minimum Gasteiger partial charge on any atom is -0.510 e. The van der Waals surface area contributed by atoms with Crippen molar-refractivity contribution in [3.63, 3.8) is 0 Å². The molecule has 1 aliphatic heterocycles. The fraction of sp³-hybridized carbons (Fsp3) is 0.182. The molecule has 0 unspecified atom stereocenters. The highest BCUT2D eigenvalue weighted by molar-refractivity contribution is 7.11. The van der Waals surface area contributed by atoms with E-state index in [1.807, 2.05) is 58.8 Å². The van der Waals surface area contributed by atoms with Crippen molar-refractivity contribution >= 4 is 34.3 Å². The predicted octanol–water partition coefficient (Wildman–Crippen LogP) is 5.28. The molecule has 0 radical (unpaired) electrons. The topological polar surface area (TPSA) is 69.4 Å². The Bertz CT molecular complexity index is 1090. The Labute approximate surface area is 178 Å². The quantitative estimate of drug-likeness (QED) is 0.564. The Kier molecular flexibility index (Phi) is 5.56. The van der Waals surface area contributed by atoms with Crippen LogP contribution in [0.3, 0.4) is 0 Å². The molecule has 2 heterocycles. The number of aromatic nitrogens is 1. The van der Waals surface area contributed by atoms with Gasteiger partial charge in [0, 0.05) is 22.5 Å². The third-order valence-corrected chi connectivity index (χ3v) is 5.96. The van der Waals surface area contributed by atoms with Crippen LogP contribution < -0.4 is 4.74 Å². The summed E-state index contributed by atoms with van der Waals surface area (Å²) in [6, 6.07) is 15.4. The van der Waals surface area contributed by atoms with Crippen LogP contribution in [-0.2, 0) is 6.42 Å². The number of amidine groups is 1. The van der Waals surface area contributed by atoms with Gasteiger partial charge >= 0.3 is 0 Å². The van der Waals surface area contributed by atoms with E-state index in [2.05, 4.69) is 4.98 Å². The largest absolute Gasteiger partial charge is 0.510 e. The zero-order valence-corrected chi connectivity index (χ0v) is 17.4. The van der Waals surface area contributed by atoms with Crippen molar-refractivity contribution in [2.24, 2.45) is 0 Å². The summed E-state index contributed by atoms with van der Waals surface area (Å²) < 4.78 is 5.40. The molecule has 0 spiro atoms. The zero-order chi connectivity index (χ0) is 20.4. The Hall–Kier alpha value is -2.83. The molecule has 1 aliphatic rings. The lowest BCUT2D eigenvalue weighted by Crippen LogP contribution is -2.28. The van der Waals surface area contributed by atoms with E-state index in [0.717, 1.165) is 29.0 Å². The number of nitrogens with zero attached hydrogens (tertiary/aromatic N) is 2. The first-order valence-corrected chi connectivity index (χ1v) is 10.4. The highest BCUT2D eigenvalue weighted by Gasteiger charge is 2.30. The number of aliphatic hydroxyl groups is 1. The van der Waals surface area contributed by atoms with Crippen LogP contribution in [-0.4, -0.2) is 41.0 Å². The van der Waals surface area contributed by atoms with Gasteiger partial charge in [0.15, 0.2) is 0 Å². The fourth-order valence-corrected chi connectivity index (χ4v) is 4.47. The number of hydrogen-bond donors (Lipinski definition) is 2. The van der Waals surface area contributed by atoms with Gasteiger partial charge in [0.2, 0.25) is 0 Å². The number of benzene rings is 2. The summed E-state index contributed by atoms with van der Waals surface area (Å²) in [5.41, 5.74) is 3.28. The van der Waals surface area contributed by atoms with Crippen molar-refractivity contribution in [2.45, 2.75) is 6.42 Å². The van der Waals surface area contributed by atoms with Crippen LogP contribution in [0.4, 0.5) is 0 Å². The van der Waals surface area contributed by atoms with Crippen molar-refractivity contribution < 1.29 is 9.84 Å². The molecule has 2 aromatic carbocycles. The molecule has 0 fully saturated rings.